The van der Waals surface area contributed by atoms with Gasteiger partial charge in [0.05, 0.1) is 20.1 Å². The van der Waals surface area contributed by atoms with E-state index in [9.17, 15) is 4.79 Å². The minimum Gasteiger partial charge on any atom is -0.493 e. The van der Waals surface area contributed by atoms with E-state index in [2.05, 4.69) is 24.8 Å². The number of carbonyl (C=O) groups excluding carboxylic acids is 1. The molecule has 1 aromatic rings. The molecule has 0 aliphatic carbocycles. The highest BCUT2D eigenvalue weighted by Gasteiger charge is 2.26. The van der Waals surface area contributed by atoms with Gasteiger partial charge >= 0.3 is 5.97 Å². The predicted octanol–water partition coefficient (Wildman–Crippen LogP) is 3.20. The molecule has 0 amide bonds. The van der Waals surface area contributed by atoms with Gasteiger partial charge in [-0.2, -0.15) is 11.8 Å². The number of thioether (sulfide) groups is 1. The molecule has 0 radical (unpaired) electrons. The standard InChI is InChI=1S/C18H27NO3S/c1-14(2)12-22-17-7-5-4-6-15(17)11-19-8-9-23-13-16(19)10-18(20)21-3/h4-7,14,16H,8-13H2,1-3H3/t16-/m0/s1. The van der Waals surface area contributed by atoms with Crippen molar-refractivity contribution in [2.45, 2.75) is 32.9 Å². The Morgan fingerprint density at radius 1 is 1.39 bits per heavy atom. The van der Waals surface area contributed by atoms with E-state index in [0.717, 1.165) is 37.0 Å². The van der Waals surface area contributed by atoms with E-state index in [1.165, 1.54) is 12.7 Å². The number of esters is 1. The number of hydrogen-bond donors (Lipinski definition) is 0. The van der Waals surface area contributed by atoms with Gasteiger partial charge in [-0.15, -0.1) is 0 Å². The topological polar surface area (TPSA) is 38.8 Å². The van der Waals surface area contributed by atoms with Crippen molar-refractivity contribution in [2.24, 2.45) is 5.92 Å². The van der Waals surface area contributed by atoms with E-state index in [-0.39, 0.29) is 12.0 Å². The van der Waals surface area contributed by atoms with Crippen LogP contribution in [0.2, 0.25) is 0 Å². The summed E-state index contributed by atoms with van der Waals surface area (Å²) in [5.74, 6) is 3.40. The first-order chi connectivity index (χ1) is 11.1. The molecular formula is C18H27NO3S. The second-order valence-electron chi connectivity index (χ2n) is 6.29. The van der Waals surface area contributed by atoms with E-state index in [1.54, 1.807) is 0 Å². The van der Waals surface area contributed by atoms with Crippen molar-refractivity contribution in [3.05, 3.63) is 29.8 Å². The summed E-state index contributed by atoms with van der Waals surface area (Å²) < 4.78 is 10.8. The zero-order valence-corrected chi connectivity index (χ0v) is 15.1. The van der Waals surface area contributed by atoms with E-state index >= 15 is 0 Å². The molecule has 1 aliphatic rings. The van der Waals surface area contributed by atoms with Crippen LogP contribution in [0.3, 0.4) is 0 Å². The molecule has 23 heavy (non-hydrogen) atoms. The molecule has 1 fully saturated rings. The van der Waals surface area contributed by atoms with E-state index < -0.39 is 0 Å². The Kier molecular flexibility index (Phi) is 7.24. The van der Waals surface area contributed by atoms with E-state index in [0.29, 0.717) is 12.3 Å². The highest BCUT2D eigenvalue weighted by Crippen LogP contribution is 2.26. The number of para-hydroxylation sites is 1. The van der Waals surface area contributed by atoms with Crippen LogP contribution in [0.4, 0.5) is 0 Å². The Balaban J connectivity index is 2.05. The number of carbonyl (C=O) groups is 1. The molecule has 0 unspecified atom stereocenters. The van der Waals surface area contributed by atoms with Crippen LogP contribution in [-0.2, 0) is 16.1 Å². The van der Waals surface area contributed by atoms with Crippen LogP contribution in [0, 0.1) is 5.92 Å². The quantitative estimate of drug-likeness (QED) is 0.715. The fourth-order valence-corrected chi connectivity index (χ4v) is 3.74. The summed E-state index contributed by atoms with van der Waals surface area (Å²) >= 11 is 1.91. The van der Waals surface area contributed by atoms with Crippen molar-refractivity contribution < 1.29 is 14.3 Å². The summed E-state index contributed by atoms with van der Waals surface area (Å²) in [6.45, 7) is 6.83. The van der Waals surface area contributed by atoms with Gasteiger partial charge in [-0.05, 0) is 12.0 Å². The highest BCUT2D eigenvalue weighted by atomic mass is 32.2. The van der Waals surface area contributed by atoms with Crippen molar-refractivity contribution >= 4 is 17.7 Å². The van der Waals surface area contributed by atoms with Gasteiger partial charge in [0.25, 0.3) is 0 Å². The molecule has 0 aromatic heterocycles. The van der Waals surface area contributed by atoms with Crippen molar-refractivity contribution in [1.29, 1.82) is 0 Å². The third kappa shape index (κ3) is 5.74. The van der Waals surface area contributed by atoms with Crippen LogP contribution in [-0.4, -0.2) is 48.7 Å². The number of methoxy groups -OCH3 is 1. The highest BCUT2D eigenvalue weighted by molar-refractivity contribution is 7.99. The van der Waals surface area contributed by atoms with Crippen LogP contribution in [0.15, 0.2) is 24.3 Å². The van der Waals surface area contributed by atoms with Crippen molar-refractivity contribution in [3.8, 4) is 5.75 Å². The minimum absolute atomic E-state index is 0.133. The van der Waals surface area contributed by atoms with Gasteiger partial charge in [-0.1, -0.05) is 32.0 Å². The summed E-state index contributed by atoms with van der Waals surface area (Å²) in [7, 11) is 1.46. The van der Waals surface area contributed by atoms with Gasteiger partial charge in [0, 0.05) is 36.2 Å². The van der Waals surface area contributed by atoms with Crippen LogP contribution >= 0.6 is 11.8 Å². The molecule has 0 spiro atoms. The van der Waals surface area contributed by atoms with Crippen LogP contribution < -0.4 is 4.74 Å². The molecule has 1 heterocycles. The molecule has 2 rings (SSSR count). The van der Waals surface area contributed by atoms with Crippen LogP contribution in [0.25, 0.3) is 0 Å². The molecule has 128 valence electrons. The third-order valence-electron chi connectivity index (χ3n) is 3.90. The van der Waals surface area contributed by atoms with Crippen molar-refractivity contribution in [2.75, 3.05) is 31.8 Å². The normalized spacial score (nSPS) is 18.9. The average molecular weight is 337 g/mol. The zero-order valence-electron chi connectivity index (χ0n) is 14.3. The summed E-state index contributed by atoms with van der Waals surface area (Å²) in [4.78, 5) is 14.0. The number of rotatable bonds is 7. The molecule has 1 aromatic carbocycles. The zero-order chi connectivity index (χ0) is 16.7. The molecular weight excluding hydrogens is 310 g/mol. The first-order valence-electron chi connectivity index (χ1n) is 8.19. The van der Waals surface area contributed by atoms with Crippen molar-refractivity contribution in [1.82, 2.24) is 4.90 Å². The van der Waals surface area contributed by atoms with Gasteiger partial charge in [0.2, 0.25) is 0 Å². The van der Waals surface area contributed by atoms with Gasteiger partial charge in [0.15, 0.2) is 0 Å². The van der Waals surface area contributed by atoms with Gasteiger partial charge < -0.3 is 9.47 Å². The number of benzene rings is 1. The molecule has 0 saturated carbocycles. The second kappa shape index (κ2) is 9.18. The third-order valence-corrected chi connectivity index (χ3v) is 4.99. The maximum absolute atomic E-state index is 11.6. The fourth-order valence-electron chi connectivity index (χ4n) is 2.61. The first kappa shape index (κ1) is 18.1. The average Bonchev–Trinajstić information content (AvgIpc) is 2.55. The molecule has 5 heteroatoms. The fraction of sp³-hybridized carbons (Fsp3) is 0.611. The lowest BCUT2D eigenvalue weighted by Crippen LogP contribution is -2.43. The molecule has 1 atom stereocenters. The van der Waals surface area contributed by atoms with E-state index in [4.69, 9.17) is 9.47 Å². The lowest BCUT2D eigenvalue weighted by Gasteiger charge is -2.35. The second-order valence-corrected chi connectivity index (χ2v) is 7.44. The molecule has 4 nitrogen and oxygen atoms in total. The maximum Gasteiger partial charge on any atom is 0.307 e. The molecule has 0 N–H and O–H groups in total. The first-order valence-corrected chi connectivity index (χ1v) is 9.35. The summed E-state index contributed by atoms with van der Waals surface area (Å²) in [5.41, 5.74) is 1.19. The monoisotopic (exact) mass is 337 g/mol. The van der Waals surface area contributed by atoms with Crippen molar-refractivity contribution in [3.63, 3.8) is 0 Å². The SMILES string of the molecule is COC(=O)C[C@H]1CSCCN1Cc1ccccc1OCC(C)C. The van der Waals surface area contributed by atoms with Crippen LogP contribution in [0.5, 0.6) is 5.75 Å². The Labute approximate surface area is 143 Å². The van der Waals surface area contributed by atoms with Gasteiger partial charge in [0.1, 0.15) is 5.75 Å². The summed E-state index contributed by atoms with van der Waals surface area (Å²) in [5, 5.41) is 0. The Bertz CT molecular complexity index is 507. The lowest BCUT2D eigenvalue weighted by atomic mass is 10.1. The molecule has 1 saturated heterocycles. The number of ether oxygens (including phenoxy) is 2. The maximum atomic E-state index is 11.6. The van der Waals surface area contributed by atoms with E-state index in [1.807, 2.05) is 30.0 Å². The number of hydrogen-bond acceptors (Lipinski definition) is 5. The minimum atomic E-state index is -0.133. The Hall–Kier alpha value is -1.20. The largest absolute Gasteiger partial charge is 0.493 e. The predicted molar refractivity (Wildman–Crippen MR) is 94.9 cm³/mol. The Morgan fingerprint density at radius 3 is 2.91 bits per heavy atom. The molecule has 1 aliphatic heterocycles. The molecule has 0 bridgehead atoms. The van der Waals surface area contributed by atoms with Gasteiger partial charge in [-0.25, -0.2) is 0 Å². The van der Waals surface area contributed by atoms with Crippen LogP contribution in [0.1, 0.15) is 25.8 Å². The smallest absolute Gasteiger partial charge is 0.307 e. The lowest BCUT2D eigenvalue weighted by molar-refractivity contribution is -0.141. The Morgan fingerprint density at radius 2 is 2.17 bits per heavy atom. The summed E-state index contributed by atoms with van der Waals surface area (Å²) in [6.07, 6.45) is 0.457. The summed E-state index contributed by atoms with van der Waals surface area (Å²) in [6, 6.07) is 8.44. The number of nitrogens with zero attached hydrogens (tertiary/aromatic N) is 1. The van der Waals surface area contributed by atoms with Gasteiger partial charge in [-0.3, -0.25) is 9.69 Å².